The van der Waals surface area contributed by atoms with Crippen LogP contribution in [0.2, 0.25) is 0 Å². The molecule has 1 N–H and O–H groups in total. The minimum Gasteiger partial charge on any atom is -0.456 e. The number of carbonyl (C=O) groups excluding carboxylic acids is 2. The van der Waals surface area contributed by atoms with Gasteiger partial charge in [-0.05, 0) is 38.0 Å². The summed E-state index contributed by atoms with van der Waals surface area (Å²) in [6.45, 7) is 2.33. The highest BCUT2D eigenvalue weighted by atomic mass is 19.4. The van der Waals surface area contributed by atoms with Crippen LogP contribution in [0.3, 0.4) is 0 Å². The van der Waals surface area contributed by atoms with E-state index >= 15 is 0 Å². The third-order valence-corrected chi connectivity index (χ3v) is 4.45. The van der Waals surface area contributed by atoms with E-state index in [1.807, 2.05) is 0 Å². The number of hydrogen-bond donors (Lipinski definition) is 1. The first-order chi connectivity index (χ1) is 15.0. The number of fused-ring (bicyclic) bond motifs is 1. The second-order valence-electron chi connectivity index (χ2n) is 6.74. The molecule has 1 aromatic carbocycles. The van der Waals surface area contributed by atoms with Crippen molar-refractivity contribution in [1.82, 2.24) is 19.6 Å². The molecule has 2 heterocycles. The maximum atomic E-state index is 13.5. The van der Waals surface area contributed by atoms with Gasteiger partial charge >= 0.3 is 12.1 Å². The number of nitrogens with zero attached hydrogens (tertiary/aromatic N) is 4. The maximum Gasteiger partial charge on any atom is 0.453 e. The van der Waals surface area contributed by atoms with Gasteiger partial charge in [-0.2, -0.15) is 18.2 Å². The fourth-order valence-electron chi connectivity index (χ4n) is 2.92. The van der Waals surface area contributed by atoms with Gasteiger partial charge in [0.05, 0.1) is 5.69 Å². The Balaban J connectivity index is 1.60. The van der Waals surface area contributed by atoms with Gasteiger partial charge in [-0.15, -0.1) is 5.10 Å². The number of aryl methyl sites for hydroxylation is 2. The Bertz CT molecular complexity index is 1190. The Morgan fingerprint density at radius 1 is 1.16 bits per heavy atom. The molecule has 13 heteroatoms. The molecule has 1 amide bonds. The van der Waals surface area contributed by atoms with Crippen molar-refractivity contribution >= 4 is 23.3 Å². The Kier molecular flexibility index (Phi) is 6.37. The van der Waals surface area contributed by atoms with E-state index in [2.05, 4.69) is 20.4 Å². The average Bonchev–Trinajstić information content (AvgIpc) is 3.14. The van der Waals surface area contributed by atoms with Crippen LogP contribution >= 0.6 is 0 Å². The van der Waals surface area contributed by atoms with Crippen molar-refractivity contribution in [1.29, 1.82) is 0 Å². The number of benzene rings is 1. The molecule has 0 aliphatic carbocycles. The molecule has 0 aliphatic rings. The number of nitrogens with one attached hydrogen (secondary N) is 1. The monoisotopic (exact) mass is 457 g/mol. The van der Waals surface area contributed by atoms with Crippen molar-refractivity contribution in [2.75, 3.05) is 11.9 Å². The first-order valence-electron chi connectivity index (χ1n) is 9.16. The van der Waals surface area contributed by atoms with Gasteiger partial charge in [-0.3, -0.25) is 9.59 Å². The summed E-state index contributed by atoms with van der Waals surface area (Å²) < 4.78 is 70.9. The van der Waals surface area contributed by atoms with E-state index < -0.39 is 47.8 Å². The molecule has 0 radical (unpaired) electrons. The summed E-state index contributed by atoms with van der Waals surface area (Å²) in [5, 5.41) is 5.50. The quantitative estimate of drug-likeness (QED) is 0.451. The summed E-state index contributed by atoms with van der Waals surface area (Å²) in [4.78, 5) is 31.1. The Morgan fingerprint density at radius 3 is 2.56 bits per heavy atom. The van der Waals surface area contributed by atoms with Crippen LogP contribution in [0.1, 0.15) is 29.2 Å². The second kappa shape index (κ2) is 8.85. The lowest BCUT2D eigenvalue weighted by molar-refractivity contribution is -0.147. The molecule has 0 fully saturated rings. The van der Waals surface area contributed by atoms with Crippen molar-refractivity contribution in [3.05, 3.63) is 52.6 Å². The van der Waals surface area contributed by atoms with Crippen molar-refractivity contribution in [2.45, 2.75) is 32.9 Å². The number of carbonyl (C=O) groups is 2. The lowest BCUT2D eigenvalue weighted by Crippen LogP contribution is -2.21. The summed E-state index contributed by atoms with van der Waals surface area (Å²) in [6, 6.07) is 2.49. The van der Waals surface area contributed by atoms with Crippen LogP contribution in [-0.2, 0) is 26.9 Å². The molecule has 0 bridgehead atoms. The molecule has 8 nitrogen and oxygen atoms in total. The van der Waals surface area contributed by atoms with Gasteiger partial charge < -0.3 is 10.1 Å². The van der Waals surface area contributed by atoms with E-state index in [0.717, 1.165) is 22.7 Å². The fraction of sp³-hybridized carbons (Fsp3) is 0.316. The molecular formula is C19H16F5N5O3. The van der Waals surface area contributed by atoms with E-state index in [1.165, 1.54) is 6.92 Å². The van der Waals surface area contributed by atoms with E-state index in [0.29, 0.717) is 17.0 Å². The first kappa shape index (κ1) is 23.0. The molecule has 0 spiro atoms. The van der Waals surface area contributed by atoms with E-state index in [-0.39, 0.29) is 18.6 Å². The van der Waals surface area contributed by atoms with Gasteiger partial charge in [-0.1, -0.05) is 0 Å². The van der Waals surface area contributed by atoms with Gasteiger partial charge in [0, 0.05) is 23.9 Å². The maximum absolute atomic E-state index is 13.5. The highest BCUT2D eigenvalue weighted by Crippen LogP contribution is 2.27. The SMILES string of the molecule is Cc1nc2nc(C(F)(F)F)nn2c(C)c1CCC(=O)OCC(=O)Nc1cc(F)ccc1F. The highest BCUT2D eigenvalue weighted by molar-refractivity contribution is 5.92. The molecule has 0 unspecified atom stereocenters. The number of ether oxygens (including phenoxy) is 1. The molecular weight excluding hydrogens is 441 g/mol. The highest BCUT2D eigenvalue weighted by Gasteiger charge is 2.37. The minimum absolute atomic E-state index is 0.0563. The normalized spacial score (nSPS) is 11.6. The Morgan fingerprint density at radius 2 is 1.88 bits per heavy atom. The van der Waals surface area contributed by atoms with Gasteiger partial charge in [-0.25, -0.2) is 18.3 Å². The zero-order chi connectivity index (χ0) is 23.6. The summed E-state index contributed by atoms with van der Waals surface area (Å²) in [6.07, 6.45) is -4.88. The van der Waals surface area contributed by atoms with Crippen LogP contribution in [0.4, 0.5) is 27.6 Å². The van der Waals surface area contributed by atoms with Crippen LogP contribution in [0.15, 0.2) is 18.2 Å². The molecule has 170 valence electrons. The lowest BCUT2D eigenvalue weighted by atomic mass is 10.1. The van der Waals surface area contributed by atoms with Crippen LogP contribution < -0.4 is 5.32 Å². The van der Waals surface area contributed by atoms with E-state index in [9.17, 15) is 31.5 Å². The number of esters is 1. The Hall–Kier alpha value is -3.64. The van der Waals surface area contributed by atoms with E-state index in [1.54, 1.807) is 6.92 Å². The predicted octanol–water partition coefficient (Wildman–Crippen LogP) is 3.15. The standard InChI is InChI=1S/C19H16F5N5O3/c1-9-12(10(2)29-18(25-9)27-17(28-29)19(22,23)24)4-6-16(31)32-8-15(30)26-14-7-11(20)3-5-13(14)21/h3,5,7H,4,6,8H2,1-2H3,(H,26,30). The Labute approximate surface area is 177 Å². The van der Waals surface area contributed by atoms with Crippen molar-refractivity contribution in [3.63, 3.8) is 0 Å². The number of alkyl halides is 3. The number of hydrogen-bond acceptors (Lipinski definition) is 6. The van der Waals surface area contributed by atoms with E-state index in [4.69, 9.17) is 4.74 Å². The summed E-state index contributed by atoms with van der Waals surface area (Å²) in [5.41, 5.74) is 0.757. The molecule has 2 aromatic heterocycles. The number of halogens is 5. The topological polar surface area (TPSA) is 98.5 Å². The number of anilines is 1. The third-order valence-electron chi connectivity index (χ3n) is 4.45. The van der Waals surface area contributed by atoms with Crippen molar-refractivity contribution in [2.24, 2.45) is 0 Å². The second-order valence-corrected chi connectivity index (χ2v) is 6.74. The van der Waals surface area contributed by atoms with Crippen molar-refractivity contribution < 1.29 is 36.3 Å². The molecule has 3 rings (SSSR count). The van der Waals surface area contributed by atoms with Gasteiger partial charge in [0.15, 0.2) is 6.61 Å². The first-order valence-corrected chi connectivity index (χ1v) is 9.16. The smallest absolute Gasteiger partial charge is 0.453 e. The van der Waals surface area contributed by atoms with Crippen LogP contribution in [0.5, 0.6) is 0 Å². The number of aromatic nitrogens is 4. The van der Waals surface area contributed by atoms with Crippen LogP contribution in [-0.4, -0.2) is 38.1 Å². The molecule has 0 aliphatic heterocycles. The van der Waals surface area contributed by atoms with Crippen molar-refractivity contribution in [3.8, 4) is 0 Å². The largest absolute Gasteiger partial charge is 0.456 e. The predicted molar refractivity (Wildman–Crippen MR) is 99.5 cm³/mol. The fourth-order valence-corrected chi connectivity index (χ4v) is 2.92. The lowest BCUT2D eigenvalue weighted by Gasteiger charge is -2.10. The minimum atomic E-state index is -4.73. The average molecular weight is 457 g/mol. The van der Waals surface area contributed by atoms with Gasteiger partial charge in [0.1, 0.15) is 11.6 Å². The van der Waals surface area contributed by atoms with Crippen LogP contribution in [0.25, 0.3) is 5.78 Å². The summed E-state index contributed by atoms with van der Waals surface area (Å²) >= 11 is 0. The van der Waals surface area contributed by atoms with Gasteiger partial charge in [0.2, 0.25) is 0 Å². The molecule has 3 aromatic rings. The molecule has 32 heavy (non-hydrogen) atoms. The zero-order valence-electron chi connectivity index (χ0n) is 16.8. The summed E-state index contributed by atoms with van der Waals surface area (Å²) in [7, 11) is 0. The zero-order valence-corrected chi connectivity index (χ0v) is 16.8. The molecule has 0 saturated carbocycles. The summed E-state index contributed by atoms with van der Waals surface area (Å²) in [5.74, 6) is -4.83. The van der Waals surface area contributed by atoms with Gasteiger partial charge in [0.25, 0.3) is 17.5 Å². The number of amides is 1. The number of rotatable bonds is 6. The molecule has 0 saturated heterocycles. The third kappa shape index (κ3) is 5.15. The van der Waals surface area contributed by atoms with Crippen LogP contribution in [0, 0.1) is 25.5 Å². The molecule has 0 atom stereocenters.